The summed E-state index contributed by atoms with van der Waals surface area (Å²) in [6.07, 6.45) is 11.2. The molecule has 22 heavy (non-hydrogen) atoms. The van der Waals surface area contributed by atoms with E-state index in [1.807, 2.05) is 46.0 Å². The van der Waals surface area contributed by atoms with E-state index in [4.69, 9.17) is 0 Å². The second kappa shape index (κ2) is 4.80. The van der Waals surface area contributed by atoms with Crippen molar-refractivity contribution in [2.45, 2.75) is 19.9 Å². The minimum absolute atomic E-state index is 0.292. The fraction of sp³-hybridized carbons (Fsp3) is 0.200. The third kappa shape index (κ3) is 2.07. The highest BCUT2D eigenvalue weighted by atomic mass is 15.3. The zero-order valence-corrected chi connectivity index (χ0v) is 12.3. The maximum Gasteiger partial charge on any atom is 0.241 e. The van der Waals surface area contributed by atoms with Gasteiger partial charge in [-0.25, -0.2) is 19.5 Å². The first-order valence-electron chi connectivity index (χ1n) is 7.11. The monoisotopic (exact) mass is 293 g/mol. The Morgan fingerprint density at radius 2 is 2.00 bits per heavy atom. The molecular weight excluding hydrogens is 278 g/mol. The molecular formula is C15H15N7. The van der Waals surface area contributed by atoms with Gasteiger partial charge in [-0.15, -0.1) is 5.10 Å². The summed E-state index contributed by atoms with van der Waals surface area (Å²) in [7, 11) is 0. The first-order chi connectivity index (χ1) is 10.7. The average Bonchev–Trinajstić information content (AvgIpc) is 3.11. The number of fused-ring (bicyclic) bond motifs is 2. The Kier molecular flexibility index (Phi) is 2.78. The Morgan fingerprint density at radius 1 is 1.09 bits per heavy atom. The number of aromatic nitrogens is 6. The van der Waals surface area contributed by atoms with Crippen molar-refractivity contribution in [1.82, 2.24) is 29.0 Å². The zero-order valence-electron chi connectivity index (χ0n) is 12.3. The van der Waals surface area contributed by atoms with Crippen LogP contribution in [-0.4, -0.2) is 35.0 Å². The van der Waals surface area contributed by atoms with Gasteiger partial charge in [0.1, 0.15) is 0 Å². The summed E-state index contributed by atoms with van der Waals surface area (Å²) < 4.78 is 3.72. The fourth-order valence-electron chi connectivity index (χ4n) is 2.42. The van der Waals surface area contributed by atoms with Crippen LogP contribution in [0.1, 0.15) is 13.8 Å². The fourth-order valence-corrected chi connectivity index (χ4v) is 2.42. The van der Waals surface area contributed by atoms with E-state index in [0.717, 1.165) is 16.6 Å². The topological polar surface area (TPSA) is 72.4 Å². The van der Waals surface area contributed by atoms with E-state index in [1.54, 1.807) is 6.20 Å². The van der Waals surface area contributed by atoms with Crippen molar-refractivity contribution in [2.75, 3.05) is 5.32 Å². The van der Waals surface area contributed by atoms with Crippen LogP contribution in [0, 0.1) is 0 Å². The molecule has 0 fully saturated rings. The summed E-state index contributed by atoms with van der Waals surface area (Å²) in [5, 5.41) is 7.67. The van der Waals surface area contributed by atoms with Gasteiger partial charge in [0.25, 0.3) is 0 Å². The molecule has 0 radical (unpaired) electrons. The normalized spacial score (nSPS) is 11.6. The van der Waals surface area contributed by atoms with Crippen LogP contribution >= 0.6 is 0 Å². The van der Waals surface area contributed by atoms with Gasteiger partial charge in [0.2, 0.25) is 11.7 Å². The predicted molar refractivity (Wildman–Crippen MR) is 83.7 cm³/mol. The summed E-state index contributed by atoms with van der Waals surface area (Å²) in [6, 6.07) is 2.31. The molecule has 0 saturated carbocycles. The minimum atomic E-state index is 0.292. The summed E-state index contributed by atoms with van der Waals surface area (Å²) in [4.78, 5) is 12.9. The highest BCUT2D eigenvalue weighted by molar-refractivity contribution is 5.79. The van der Waals surface area contributed by atoms with Crippen LogP contribution in [-0.2, 0) is 0 Å². The SMILES string of the molecule is CC(C)Nc1ncc2c(-c3cnc4nccn4c3)ccn2n1. The molecule has 0 amide bonds. The van der Waals surface area contributed by atoms with Gasteiger partial charge in [0.05, 0.1) is 11.7 Å². The lowest BCUT2D eigenvalue weighted by Crippen LogP contribution is -2.13. The van der Waals surface area contributed by atoms with Crippen LogP contribution in [0.15, 0.2) is 43.2 Å². The summed E-state index contributed by atoms with van der Waals surface area (Å²) in [6.45, 7) is 4.11. The largest absolute Gasteiger partial charge is 0.351 e. The molecule has 7 heteroatoms. The van der Waals surface area contributed by atoms with Gasteiger partial charge < -0.3 is 5.32 Å². The number of nitrogens with zero attached hydrogens (tertiary/aromatic N) is 6. The van der Waals surface area contributed by atoms with Gasteiger partial charge in [0, 0.05) is 48.2 Å². The molecule has 0 spiro atoms. The number of nitrogens with one attached hydrogen (secondary N) is 1. The van der Waals surface area contributed by atoms with Crippen molar-refractivity contribution in [3.8, 4) is 11.1 Å². The van der Waals surface area contributed by atoms with E-state index < -0.39 is 0 Å². The van der Waals surface area contributed by atoms with Crippen molar-refractivity contribution >= 4 is 17.2 Å². The van der Waals surface area contributed by atoms with Gasteiger partial charge in [-0.2, -0.15) is 0 Å². The smallest absolute Gasteiger partial charge is 0.241 e. The lowest BCUT2D eigenvalue weighted by atomic mass is 10.1. The van der Waals surface area contributed by atoms with Crippen molar-refractivity contribution in [2.24, 2.45) is 0 Å². The van der Waals surface area contributed by atoms with Crippen molar-refractivity contribution in [3.05, 3.63) is 43.2 Å². The van der Waals surface area contributed by atoms with Crippen LogP contribution in [0.5, 0.6) is 0 Å². The predicted octanol–water partition coefficient (Wildman–Crippen LogP) is 2.26. The maximum absolute atomic E-state index is 4.47. The first-order valence-corrected chi connectivity index (χ1v) is 7.11. The standard InChI is InChI=1S/C15H15N7/c1-10(2)19-14-17-8-13-12(3-5-22(13)20-14)11-7-18-15-16-4-6-21(15)9-11/h3-10H,1-2H3,(H,19,20). The average molecular weight is 293 g/mol. The third-order valence-electron chi connectivity index (χ3n) is 3.39. The number of hydrogen-bond acceptors (Lipinski definition) is 5. The molecule has 4 aromatic rings. The van der Waals surface area contributed by atoms with E-state index in [-0.39, 0.29) is 0 Å². The lowest BCUT2D eigenvalue weighted by Gasteiger charge is -2.08. The summed E-state index contributed by atoms with van der Waals surface area (Å²) in [5.74, 6) is 1.31. The molecule has 0 aromatic carbocycles. The molecule has 7 nitrogen and oxygen atoms in total. The van der Waals surface area contributed by atoms with Crippen LogP contribution in [0.3, 0.4) is 0 Å². The Balaban J connectivity index is 1.81. The third-order valence-corrected chi connectivity index (χ3v) is 3.39. The van der Waals surface area contributed by atoms with E-state index >= 15 is 0 Å². The minimum Gasteiger partial charge on any atom is -0.351 e. The number of anilines is 1. The molecule has 0 unspecified atom stereocenters. The van der Waals surface area contributed by atoms with Gasteiger partial charge in [-0.05, 0) is 19.9 Å². The van der Waals surface area contributed by atoms with Crippen molar-refractivity contribution in [3.63, 3.8) is 0 Å². The van der Waals surface area contributed by atoms with Crippen molar-refractivity contribution < 1.29 is 0 Å². The van der Waals surface area contributed by atoms with E-state index in [2.05, 4.69) is 39.2 Å². The molecule has 0 aliphatic heterocycles. The van der Waals surface area contributed by atoms with E-state index in [1.165, 1.54) is 0 Å². The Morgan fingerprint density at radius 3 is 2.86 bits per heavy atom. The van der Waals surface area contributed by atoms with Gasteiger partial charge in [-0.1, -0.05) is 0 Å². The van der Waals surface area contributed by atoms with Crippen LogP contribution in [0.25, 0.3) is 22.4 Å². The zero-order chi connectivity index (χ0) is 15.1. The molecule has 4 heterocycles. The Hall–Kier alpha value is -2.96. The maximum atomic E-state index is 4.47. The van der Waals surface area contributed by atoms with Crippen LogP contribution in [0.2, 0.25) is 0 Å². The second-order valence-electron chi connectivity index (χ2n) is 5.42. The molecule has 0 saturated heterocycles. The quantitative estimate of drug-likeness (QED) is 0.627. The van der Waals surface area contributed by atoms with Crippen LogP contribution < -0.4 is 5.32 Å². The highest BCUT2D eigenvalue weighted by Gasteiger charge is 2.09. The first kappa shape index (κ1) is 12.8. The van der Waals surface area contributed by atoms with Crippen LogP contribution in [0.4, 0.5) is 5.95 Å². The molecule has 4 aromatic heterocycles. The molecule has 110 valence electrons. The number of imidazole rings is 1. The molecule has 0 atom stereocenters. The van der Waals surface area contributed by atoms with Gasteiger partial charge in [0.15, 0.2) is 0 Å². The van der Waals surface area contributed by atoms with Gasteiger partial charge >= 0.3 is 0 Å². The highest BCUT2D eigenvalue weighted by Crippen LogP contribution is 2.24. The molecule has 1 N–H and O–H groups in total. The second-order valence-corrected chi connectivity index (χ2v) is 5.42. The molecule has 0 bridgehead atoms. The van der Waals surface area contributed by atoms with Gasteiger partial charge in [-0.3, -0.25) is 4.40 Å². The van der Waals surface area contributed by atoms with E-state index in [9.17, 15) is 0 Å². The summed E-state index contributed by atoms with van der Waals surface area (Å²) in [5.41, 5.74) is 2.98. The molecule has 0 aliphatic rings. The van der Waals surface area contributed by atoms with E-state index in [0.29, 0.717) is 17.8 Å². The van der Waals surface area contributed by atoms with Crippen molar-refractivity contribution in [1.29, 1.82) is 0 Å². The summed E-state index contributed by atoms with van der Waals surface area (Å²) >= 11 is 0. The lowest BCUT2D eigenvalue weighted by molar-refractivity contribution is 0.834. The molecule has 0 aliphatic carbocycles. The number of rotatable bonds is 3. The number of hydrogen-bond donors (Lipinski definition) is 1. The molecule has 4 rings (SSSR count). The Labute approximate surface area is 126 Å². The Bertz CT molecular complexity index is 951.